The van der Waals surface area contributed by atoms with Crippen molar-refractivity contribution in [2.45, 2.75) is 26.3 Å². The Morgan fingerprint density at radius 2 is 2.19 bits per heavy atom. The molecule has 0 aliphatic rings. The van der Waals surface area contributed by atoms with E-state index in [0.29, 0.717) is 0 Å². The van der Waals surface area contributed by atoms with Crippen LogP contribution in [0.2, 0.25) is 0 Å². The topological polar surface area (TPSA) is 49.3 Å². The third-order valence-corrected chi connectivity index (χ3v) is 4.89. The van der Waals surface area contributed by atoms with E-state index >= 15 is 0 Å². The number of aromatic nitrogens is 1. The summed E-state index contributed by atoms with van der Waals surface area (Å²) >= 11 is 3.54. The van der Waals surface area contributed by atoms with Crippen LogP contribution in [0.1, 0.15) is 21.7 Å². The molecule has 0 saturated carbocycles. The van der Waals surface area contributed by atoms with Gasteiger partial charge in [-0.2, -0.15) is 0 Å². The summed E-state index contributed by atoms with van der Waals surface area (Å²) in [5.41, 5.74) is 0. The highest BCUT2D eigenvalue weighted by atomic mass is 127. The number of rotatable bonds is 6. The molecule has 0 saturated heterocycles. The second kappa shape index (κ2) is 10.1. The van der Waals surface area contributed by atoms with Gasteiger partial charge in [0.2, 0.25) is 0 Å². The Labute approximate surface area is 151 Å². The molecule has 2 aromatic heterocycles. The van der Waals surface area contributed by atoms with Crippen molar-refractivity contribution < 1.29 is 0 Å². The van der Waals surface area contributed by atoms with Gasteiger partial charge in [0.15, 0.2) is 5.96 Å². The minimum atomic E-state index is 0. The summed E-state index contributed by atoms with van der Waals surface area (Å²) in [6.07, 6.45) is 3.98. The van der Waals surface area contributed by atoms with Gasteiger partial charge in [-0.3, -0.25) is 4.99 Å². The first kappa shape index (κ1) is 18.4. The van der Waals surface area contributed by atoms with Gasteiger partial charge in [0, 0.05) is 36.0 Å². The minimum absolute atomic E-state index is 0. The lowest BCUT2D eigenvalue weighted by Crippen LogP contribution is -2.37. The predicted octanol–water partition coefficient (Wildman–Crippen LogP) is 3.29. The van der Waals surface area contributed by atoms with Crippen LogP contribution in [0.25, 0.3) is 0 Å². The SMILES string of the molecule is CCc1cnc(CCNC(=NC)NCc2cccs2)s1.I. The second-order valence-corrected chi connectivity index (χ2v) is 6.49. The van der Waals surface area contributed by atoms with Crippen LogP contribution in [-0.2, 0) is 19.4 Å². The number of nitrogens with zero attached hydrogens (tertiary/aromatic N) is 2. The Balaban J connectivity index is 0.00000220. The number of guanidine groups is 1. The fraction of sp³-hybridized carbons (Fsp3) is 0.429. The number of halogens is 1. The smallest absolute Gasteiger partial charge is 0.191 e. The highest BCUT2D eigenvalue weighted by molar-refractivity contribution is 14.0. The van der Waals surface area contributed by atoms with Crippen LogP contribution >= 0.6 is 46.7 Å². The van der Waals surface area contributed by atoms with E-state index in [0.717, 1.165) is 31.9 Å². The van der Waals surface area contributed by atoms with E-state index < -0.39 is 0 Å². The molecule has 2 N–H and O–H groups in total. The molecule has 116 valence electrons. The lowest BCUT2D eigenvalue weighted by Gasteiger charge is -2.10. The first-order chi connectivity index (χ1) is 9.81. The van der Waals surface area contributed by atoms with Gasteiger partial charge in [-0.05, 0) is 17.9 Å². The molecule has 21 heavy (non-hydrogen) atoms. The molecular weight excluding hydrogens is 415 g/mol. The molecule has 0 bridgehead atoms. The number of aliphatic imine (C=N–C) groups is 1. The first-order valence-electron chi connectivity index (χ1n) is 6.72. The lowest BCUT2D eigenvalue weighted by atomic mass is 10.4. The Hall–Kier alpha value is -0.670. The van der Waals surface area contributed by atoms with Crippen LogP contribution in [0.15, 0.2) is 28.7 Å². The molecular formula is C14H21IN4S2. The molecule has 0 spiro atoms. The second-order valence-electron chi connectivity index (χ2n) is 4.26. The highest BCUT2D eigenvalue weighted by Gasteiger charge is 2.02. The summed E-state index contributed by atoms with van der Waals surface area (Å²) < 4.78 is 0. The zero-order valence-electron chi connectivity index (χ0n) is 12.3. The summed E-state index contributed by atoms with van der Waals surface area (Å²) in [6, 6.07) is 4.18. The van der Waals surface area contributed by atoms with Crippen LogP contribution in [0, 0.1) is 0 Å². The standard InChI is InChI=1S/C14H20N4S2.HI/c1-3-11-9-17-13(20-11)6-7-16-14(15-2)18-10-12-5-4-8-19-12;/h4-5,8-9H,3,6-7,10H2,1-2H3,(H2,15,16,18);1H. The van der Waals surface area contributed by atoms with Crippen LogP contribution in [0.3, 0.4) is 0 Å². The van der Waals surface area contributed by atoms with E-state index in [1.165, 1.54) is 14.8 Å². The number of hydrogen-bond donors (Lipinski definition) is 2. The number of aryl methyl sites for hydroxylation is 1. The summed E-state index contributed by atoms with van der Waals surface area (Å²) in [4.78, 5) is 11.3. The molecule has 2 rings (SSSR count). The van der Waals surface area contributed by atoms with Gasteiger partial charge in [0.25, 0.3) is 0 Å². The third-order valence-electron chi connectivity index (χ3n) is 2.81. The molecule has 7 heteroatoms. The molecule has 2 aromatic rings. The van der Waals surface area contributed by atoms with E-state index in [1.807, 2.05) is 6.20 Å². The molecule has 0 atom stereocenters. The van der Waals surface area contributed by atoms with E-state index in [4.69, 9.17) is 0 Å². The monoisotopic (exact) mass is 436 g/mol. The Morgan fingerprint density at radius 1 is 1.33 bits per heavy atom. The Kier molecular flexibility index (Phi) is 8.86. The van der Waals surface area contributed by atoms with Gasteiger partial charge in [-0.15, -0.1) is 46.7 Å². The van der Waals surface area contributed by atoms with Crippen LogP contribution < -0.4 is 10.6 Å². The molecule has 0 aliphatic carbocycles. The number of hydrogen-bond acceptors (Lipinski definition) is 4. The van der Waals surface area contributed by atoms with E-state index in [1.54, 1.807) is 29.7 Å². The molecule has 0 aromatic carbocycles. The maximum Gasteiger partial charge on any atom is 0.191 e. The van der Waals surface area contributed by atoms with Crippen molar-refractivity contribution in [3.63, 3.8) is 0 Å². The van der Waals surface area contributed by atoms with Gasteiger partial charge in [0.1, 0.15) is 0 Å². The number of thiazole rings is 1. The minimum Gasteiger partial charge on any atom is -0.356 e. The summed E-state index contributed by atoms with van der Waals surface area (Å²) in [7, 11) is 1.79. The van der Waals surface area contributed by atoms with Crippen molar-refractivity contribution in [2.75, 3.05) is 13.6 Å². The van der Waals surface area contributed by atoms with Gasteiger partial charge in [-0.1, -0.05) is 13.0 Å². The van der Waals surface area contributed by atoms with E-state index in [2.05, 4.69) is 45.0 Å². The van der Waals surface area contributed by atoms with E-state index in [9.17, 15) is 0 Å². The number of thiophene rings is 1. The molecule has 2 heterocycles. The van der Waals surface area contributed by atoms with Crippen molar-refractivity contribution in [3.8, 4) is 0 Å². The Morgan fingerprint density at radius 3 is 2.81 bits per heavy atom. The largest absolute Gasteiger partial charge is 0.356 e. The summed E-state index contributed by atoms with van der Waals surface area (Å²) in [5.74, 6) is 0.839. The van der Waals surface area contributed by atoms with Crippen molar-refractivity contribution in [3.05, 3.63) is 38.5 Å². The molecule has 0 radical (unpaired) electrons. The van der Waals surface area contributed by atoms with Crippen molar-refractivity contribution >= 4 is 52.6 Å². The van der Waals surface area contributed by atoms with Gasteiger partial charge in [0.05, 0.1) is 11.6 Å². The third kappa shape index (κ3) is 6.31. The van der Waals surface area contributed by atoms with Gasteiger partial charge < -0.3 is 10.6 Å². The van der Waals surface area contributed by atoms with Crippen LogP contribution in [0.4, 0.5) is 0 Å². The van der Waals surface area contributed by atoms with Gasteiger partial charge in [-0.25, -0.2) is 4.98 Å². The van der Waals surface area contributed by atoms with Crippen molar-refractivity contribution in [1.29, 1.82) is 0 Å². The number of nitrogens with one attached hydrogen (secondary N) is 2. The van der Waals surface area contributed by atoms with Gasteiger partial charge >= 0.3 is 0 Å². The summed E-state index contributed by atoms with van der Waals surface area (Å²) in [5, 5.41) is 9.89. The average Bonchev–Trinajstić information content (AvgIpc) is 3.13. The predicted molar refractivity (Wildman–Crippen MR) is 103 cm³/mol. The fourth-order valence-electron chi connectivity index (χ4n) is 1.72. The highest BCUT2D eigenvalue weighted by Crippen LogP contribution is 2.13. The first-order valence-corrected chi connectivity index (χ1v) is 8.42. The molecule has 0 aliphatic heterocycles. The quantitative estimate of drug-likeness (QED) is 0.415. The maximum atomic E-state index is 4.42. The maximum absolute atomic E-state index is 4.42. The van der Waals surface area contributed by atoms with Crippen molar-refractivity contribution in [1.82, 2.24) is 15.6 Å². The zero-order valence-corrected chi connectivity index (χ0v) is 16.2. The van der Waals surface area contributed by atoms with Crippen LogP contribution in [0.5, 0.6) is 0 Å². The van der Waals surface area contributed by atoms with E-state index in [-0.39, 0.29) is 24.0 Å². The molecule has 0 amide bonds. The fourth-order valence-corrected chi connectivity index (χ4v) is 3.23. The average molecular weight is 436 g/mol. The molecule has 0 unspecified atom stereocenters. The van der Waals surface area contributed by atoms with Crippen LogP contribution in [-0.4, -0.2) is 24.5 Å². The van der Waals surface area contributed by atoms with Crippen molar-refractivity contribution in [2.24, 2.45) is 4.99 Å². The normalized spacial score (nSPS) is 11.0. The Bertz CT molecular complexity index is 537. The lowest BCUT2D eigenvalue weighted by molar-refractivity contribution is 0.796. The zero-order chi connectivity index (χ0) is 14.2. The summed E-state index contributed by atoms with van der Waals surface area (Å²) in [6.45, 7) is 3.82. The molecule has 4 nitrogen and oxygen atoms in total. The molecule has 0 fully saturated rings.